The Morgan fingerprint density at radius 1 is 1.19 bits per heavy atom. The molecule has 26 heavy (non-hydrogen) atoms. The Morgan fingerprint density at radius 2 is 1.88 bits per heavy atom. The summed E-state index contributed by atoms with van der Waals surface area (Å²) in [6.45, 7) is 1.98. The van der Waals surface area contributed by atoms with E-state index >= 15 is 0 Å². The monoisotopic (exact) mass is 390 g/mol. The van der Waals surface area contributed by atoms with Crippen molar-refractivity contribution >= 4 is 37.3 Å². The second kappa shape index (κ2) is 6.69. The maximum atomic E-state index is 12.7. The van der Waals surface area contributed by atoms with Gasteiger partial charge in [-0.3, -0.25) is 4.79 Å². The molecule has 1 heterocycles. The molecule has 0 aliphatic carbocycles. The van der Waals surface area contributed by atoms with Crippen molar-refractivity contribution in [1.29, 1.82) is 0 Å². The predicted octanol–water partition coefficient (Wildman–Crippen LogP) is 2.70. The van der Waals surface area contributed by atoms with Gasteiger partial charge in [-0.15, -0.1) is 0 Å². The van der Waals surface area contributed by atoms with Crippen LogP contribution in [0, 0.1) is 6.92 Å². The number of amides is 1. The first-order valence-corrected chi connectivity index (χ1v) is 10.5. The highest BCUT2D eigenvalue weighted by Gasteiger charge is 2.18. The van der Waals surface area contributed by atoms with Crippen molar-refractivity contribution in [1.82, 2.24) is 4.57 Å². The minimum Gasteiger partial charge on any atom is -0.495 e. The molecule has 3 rings (SSSR count). The quantitative estimate of drug-likeness (QED) is 0.689. The Balaban J connectivity index is 2.23. The number of rotatable bonds is 3. The molecule has 0 unspecified atom stereocenters. The summed E-state index contributed by atoms with van der Waals surface area (Å²) in [6, 6.07) is 9.91. The van der Waals surface area contributed by atoms with Crippen LogP contribution in [-0.2, 0) is 16.9 Å². The summed E-state index contributed by atoms with van der Waals surface area (Å²) >= 11 is 1.36. The molecule has 136 valence electrons. The molecule has 0 saturated heterocycles. The number of fused-ring (bicyclic) bond motifs is 1. The van der Waals surface area contributed by atoms with Crippen molar-refractivity contribution in [3.63, 3.8) is 0 Å². The Labute approximate surface area is 155 Å². The minimum atomic E-state index is -3.53. The number of methoxy groups -OCH3 is 1. The lowest BCUT2D eigenvalue weighted by molar-refractivity contribution is 0.0995. The van der Waals surface area contributed by atoms with Gasteiger partial charge in [0.2, 0.25) is 0 Å². The molecule has 0 aliphatic heterocycles. The van der Waals surface area contributed by atoms with E-state index in [9.17, 15) is 13.2 Å². The zero-order valence-electron chi connectivity index (χ0n) is 14.8. The number of nitrogens with zero attached hydrogens (tertiary/aromatic N) is 2. The molecule has 0 aliphatic rings. The summed E-state index contributed by atoms with van der Waals surface area (Å²) in [6.07, 6.45) is 1.08. The van der Waals surface area contributed by atoms with Crippen LogP contribution in [0.2, 0.25) is 0 Å². The largest absolute Gasteiger partial charge is 0.495 e. The molecule has 1 aromatic heterocycles. The molecule has 0 radical (unpaired) electrons. The fourth-order valence-corrected chi connectivity index (χ4v) is 4.72. The van der Waals surface area contributed by atoms with E-state index in [1.54, 1.807) is 30.9 Å². The van der Waals surface area contributed by atoms with Gasteiger partial charge in [0.25, 0.3) is 5.91 Å². The zero-order valence-corrected chi connectivity index (χ0v) is 16.4. The highest BCUT2D eigenvalue weighted by atomic mass is 32.2. The van der Waals surface area contributed by atoms with Gasteiger partial charge in [-0.2, -0.15) is 4.99 Å². The molecule has 1 amide bonds. The first kappa shape index (κ1) is 18.3. The molecule has 0 fully saturated rings. The molecular weight excluding hydrogens is 372 g/mol. The molecular formula is C18H18N2O4S2. The Kier molecular flexibility index (Phi) is 4.72. The van der Waals surface area contributed by atoms with E-state index in [4.69, 9.17) is 4.74 Å². The van der Waals surface area contributed by atoms with Crippen LogP contribution in [0.1, 0.15) is 15.9 Å². The number of benzene rings is 2. The normalized spacial score (nSPS) is 12.5. The van der Waals surface area contributed by atoms with Gasteiger partial charge in [0.15, 0.2) is 14.6 Å². The fraction of sp³-hybridized carbons (Fsp3) is 0.222. The van der Waals surface area contributed by atoms with Crippen LogP contribution in [-0.4, -0.2) is 32.3 Å². The van der Waals surface area contributed by atoms with Crippen LogP contribution in [0.15, 0.2) is 46.3 Å². The molecule has 0 bridgehead atoms. The molecule has 8 heteroatoms. The average molecular weight is 390 g/mol. The number of carbonyl (C=O) groups excluding carboxylic acids is 1. The molecule has 0 spiro atoms. The van der Waals surface area contributed by atoms with Gasteiger partial charge in [0, 0.05) is 13.3 Å². The van der Waals surface area contributed by atoms with Crippen LogP contribution in [0.5, 0.6) is 5.75 Å². The van der Waals surface area contributed by atoms with Crippen molar-refractivity contribution < 1.29 is 17.9 Å². The third-order valence-electron chi connectivity index (χ3n) is 4.04. The van der Waals surface area contributed by atoms with Crippen molar-refractivity contribution in [2.75, 3.05) is 13.4 Å². The highest BCUT2D eigenvalue weighted by Crippen LogP contribution is 2.29. The van der Waals surface area contributed by atoms with Gasteiger partial charge in [-0.05, 0) is 30.7 Å². The van der Waals surface area contributed by atoms with E-state index in [-0.39, 0.29) is 10.5 Å². The van der Waals surface area contributed by atoms with Crippen LogP contribution >= 0.6 is 11.3 Å². The minimum absolute atomic E-state index is 0.0220. The van der Waals surface area contributed by atoms with Crippen LogP contribution in [0.3, 0.4) is 0 Å². The number of aryl methyl sites for hydroxylation is 2. The topological polar surface area (TPSA) is 77.7 Å². The van der Waals surface area contributed by atoms with Gasteiger partial charge >= 0.3 is 0 Å². The maximum Gasteiger partial charge on any atom is 0.280 e. The summed E-state index contributed by atoms with van der Waals surface area (Å²) in [5.74, 6) is 0.0968. The lowest BCUT2D eigenvalue weighted by Crippen LogP contribution is -2.15. The molecule has 2 aromatic carbocycles. The standard InChI is InChI=1S/C18H18N2O4S2/c1-11-9-10-13(24-3)15-16(11)25-18(20(15)2)19-17(21)12-7-5-6-8-14(12)26(4,22)23/h5-10H,1-4H3. The number of sulfone groups is 1. The molecule has 0 N–H and O–H groups in total. The molecule has 6 nitrogen and oxygen atoms in total. The van der Waals surface area contributed by atoms with Gasteiger partial charge in [-0.25, -0.2) is 8.42 Å². The van der Waals surface area contributed by atoms with Crippen LogP contribution in [0.25, 0.3) is 10.2 Å². The van der Waals surface area contributed by atoms with E-state index in [1.807, 2.05) is 19.1 Å². The van der Waals surface area contributed by atoms with E-state index < -0.39 is 15.7 Å². The Morgan fingerprint density at radius 3 is 2.54 bits per heavy atom. The first-order valence-electron chi connectivity index (χ1n) is 7.75. The van der Waals surface area contributed by atoms with E-state index in [1.165, 1.54) is 23.5 Å². The first-order chi connectivity index (χ1) is 12.2. The average Bonchev–Trinajstić information content (AvgIpc) is 2.92. The van der Waals surface area contributed by atoms with Crippen molar-refractivity contribution in [3.05, 3.63) is 52.3 Å². The molecule has 3 aromatic rings. The van der Waals surface area contributed by atoms with Crippen molar-refractivity contribution in [2.24, 2.45) is 12.0 Å². The predicted molar refractivity (Wildman–Crippen MR) is 102 cm³/mol. The number of aromatic nitrogens is 1. The third kappa shape index (κ3) is 3.17. The van der Waals surface area contributed by atoms with Gasteiger partial charge in [0.1, 0.15) is 11.3 Å². The second-order valence-corrected chi connectivity index (χ2v) is 8.85. The van der Waals surface area contributed by atoms with Crippen LogP contribution in [0.4, 0.5) is 0 Å². The van der Waals surface area contributed by atoms with Crippen molar-refractivity contribution in [2.45, 2.75) is 11.8 Å². The smallest absolute Gasteiger partial charge is 0.280 e. The Bertz CT molecular complexity index is 1190. The second-order valence-electron chi connectivity index (χ2n) is 5.89. The number of hydrogen-bond donors (Lipinski definition) is 0. The summed E-state index contributed by atoms with van der Waals surface area (Å²) in [5.41, 5.74) is 1.96. The van der Waals surface area contributed by atoms with Crippen molar-refractivity contribution in [3.8, 4) is 5.75 Å². The SMILES string of the molecule is COc1ccc(C)c2sc(=NC(=O)c3ccccc3S(C)(=O)=O)n(C)c12. The number of carbonyl (C=O) groups is 1. The highest BCUT2D eigenvalue weighted by molar-refractivity contribution is 7.90. The number of thiazole rings is 1. The summed E-state index contributed by atoms with van der Waals surface area (Å²) in [4.78, 5) is 17.3. The van der Waals surface area contributed by atoms with E-state index in [2.05, 4.69) is 4.99 Å². The fourth-order valence-electron chi connectivity index (χ4n) is 2.73. The van der Waals surface area contributed by atoms with E-state index in [0.717, 1.165) is 22.0 Å². The number of ether oxygens (including phenoxy) is 1. The van der Waals surface area contributed by atoms with Gasteiger partial charge < -0.3 is 9.30 Å². The lowest BCUT2D eigenvalue weighted by Gasteiger charge is -2.05. The molecule has 0 saturated carbocycles. The number of hydrogen-bond acceptors (Lipinski definition) is 5. The molecule has 0 atom stereocenters. The zero-order chi connectivity index (χ0) is 19.1. The van der Waals surface area contributed by atoms with Gasteiger partial charge in [-0.1, -0.05) is 29.5 Å². The van der Waals surface area contributed by atoms with Gasteiger partial charge in [0.05, 0.1) is 22.3 Å². The summed E-state index contributed by atoms with van der Waals surface area (Å²) in [7, 11) is -0.137. The Hall–Kier alpha value is -2.45. The van der Waals surface area contributed by atoms with E-state index in [0.29, 0.717) is 10.6 Å². The maximum absolute atomic E-state index is 12.7. The summed E-state index contributed by atoms with van der Waals surface area (Å²) < 4.78 is 32.0. The van der Waals surface area contributed by atoms with Crippen LogP contribution < -0.4 is 9.54 Å². The lowest BCUT2D eigenvalue weighted by atomic mass is 10.2. The third-order valence-corrected chi connectivity index (χ3v) is 6.46. The summed E-state index contributed by atoms with van der Waals surface area (Å²) in [5, 5.41) is 0.